The highest BCUT2D eigenvalue weighted by Crippen LogP contribution is 2.17. The fourth-order valence-corrected chi connectivity index (χ4v) is 9.71. The molecule has 1 atom stereocenters. The second kappa shape index (κ2) is 70.3. The standard InChI is InChI=1S/C77H130O6/c1-4-7-10-13-16-19-22-25-28-30-31-32-33-34-35-36-37-38-39-40-41-42-43-44-45-46-47-48-50-52-55-58-61-64-67-70-76(79)82-73-74(72-81-75(78)69-66-63-60-57-54-51-27-24-21-18-15-12-9-6-3)83-77(80)71-68-65-62-59-56-53-49-29-26-23-20-17-14-11-8-5-2/h7,10,15-16,18-19,24-25,27-28,31-32,34-35,37-38,40-41,43-44,74H,4-6,8-9,11-14,17,20-23,26,29-30,33,36,39,42,45-73H2,1-3H3/b10-7-,18-15-,19-16-,27-24-,28-25-,32-31-,35-34-,38-37-,41-40-,44-43-. The maximum Gasteiger partial charge on any atom is 0.306 e. The molecule has 0 saturated heterocycles. The molecule has 0 aromatic rings. The lowest BCUT2D eigenvalue weighted by Gasteiger charge is -2.18. The lowest BCUT2D eigenvalue weighted by molar-refractivity contribution is -0.167. The summed E-state index contributed by atoms with van der Waals surface area (Å²) < 4.78 is 16.9. The molecule has 0 spiro atoms. The van der Waals surface area contributed by atoms with Crippen molar-refractivity contribution < 1.29 is 28.6 Å². The summed E-state index contributed by atoms with van der Waals surface area (Å²) in [6.45, 7) is 6.50. The van der Waals surface area contributed by atoms with E-state index in [2.05, 4.69) is 142 Å². The first-order chi connectivity index (χ1) is 41.0. The Balaban J connectivity index is 4.24. The molecule has 1 unspecified atom stereocenters. The van der Waals surface area contributed by atoms with Gasteiger partial charge >= 0.3 is 17.9 Å². The molecular formula is C77H130O6. The molecule has 0 aromatic carbocycles. The number of carbonyl (C=O) groups excluding carboxylic acids is 3. The second-order valence-corrected chi connectivity index (χ2v) is 23.1. The molecule has 0 N–H and O–H groups in total. The quantitative estimate of drug-likeness (QED) is 0.0261. The molecule has 6 nitrogen and oxygen atoms in total. The summed E-state index contributed by atoms with van der Waals surface area (Å²) in [7, 11) is 0. The maximum atomic E-state index is 12.9. The van der Waals surface area contributed by atoms with Crippen molar-refractivity contribution in [2.45, 2.75) is 335 Å². The van der Waals surface area contributed by atoms with E-state index in [4.69, 9.17) is 14.2 Å². The van der Waals surface area contributed by atoms with Crippen molar-refractivity contribution in [3.8, 4) is 0 Å². The molecule has 83 heavy (non-hydrogen) atoms. The van der Waals surface area contributed by atoms with Crippen LogP contribution < -0.4 is 0 Å². The van der Waals surface area contributed by atoms with Crippen molar-refractivity contribution in [3.63, 3.8) is 0 Å². The zero-order valence-corrected chi connectivity index (χ0v) is 54.4. The summed E-state index contributed by atoms with van der Waals surface area (Å²) >= 11 is 0. The maximum absolute atomic E-state index is 12.9. The van der Waals surface area contributed by atoms with Crippen molar-refractivity contribution in [3.05, 3.63) is 122 Å². The summed E-state index contributed by atoms with van der Waals surface area (Å²) in [6, 6.07) is 0. The van der Waals surface area contributed by atoms with Crippen molar-refractivity contribution in [2.24, 2.45) is 0 Å². The van der Waals surface area contributed by atoms with E-state index < -0.39 is 6.10 Å². The fraction of sp³-hybridized carbons (Fsp3) is 0.701. The van der Waals surface area contributed by atoms with Gasteiger partial charge in [0.25, 0.3) is 0 Å². The summed E-state index contributed by atoms with van der Waals surface area (Å²) in [5.41, 5.74) is 0. The van der Waals surface area contributed by atoms with Gasteiger partial charge in [0.15, 0.2) is 6.10 Å². The van der Waals surface area contributed by atoms with E-state index in [1.807, 2.05) is 0 Å². The smallest absolute Gasteiger partial charge is 0.306 e. The van der Waals surface area contributed by atoms with Gasteiger partial charge in [0.2, 0.25) is 0 Å². The largest absolute Gasteiger partial charge is 0.462 e. The molecule has 0 aliphatic rings. The van der Waals surface area contributed by atoms with Gasteiger partial charge in [-0.25, -0.2) is 0 Å². The number of unbranched alkanes of at least 4 members (excludes halogenated alkanes) is 32. The van der Waals surface area contributed by atoms with Crippen LogP contribution in [0, 0.1) is 0 Å². The molecule has 6 heteroatoms. The van der Waals surface area contributed by atoms with Gasteiger partial charge in [-0.15, -0.1) is 0 Å². The summed E-state index contributed by atoms with van der Waals surface area (Å²) in [5, 5.41) is 0. The van der Waals surface area contributed by atoms with E-state index in [9.17, 15) is 14.4 Å². The molecule has 0 bridgehead atoms. The zero-order valence-electron chi connectivity index (χ0n) is 54.4. The first kappa shape index (κ1) is 78.8. The van der Waals surface area contributed by atoms with Crippen LogP contribution in [-0.4, -0.2) is 37.2 Å². The third-order valence-corrected chi connectivity index (χ3v) is 15.0. The normalized spacial score (nSPS) is 12.9. The van der Waals surface area contributed by atoms with Crippen LogP contribution >= 0.6 is 0 Å². The van der Waals surface area contributed by atoms with E-state index in [1.165, 1.54) is 161 Å². The lowest BCUT2D eigenvalue weighted by Crippen LogP contribution is -2.30. The van der Waals surface area contributed by atoms with Gasteiger partial charge in [-0.2, -0.15) is 0 Å². The first-order valence-electron chi connectivity index (χ1n) is 35.0. The van der Waals surface area contributed by atoms with Gasteiger partial charge < -0.3 is 14.2 Å². The fourth-order valence-electron chi connectivity index (χ4n) is 9.71. The average molecular weight is 1150 g/mol. The van der Waals surface area contributed by atoms with Crippen LogP contribution in [0.15, 0.2) is 122 Å². The summed E-state index contributed by atoms with van der Waals surface area (Å²) in [5.74, 6) is -0.889. The molecule has 0 aliphatic carbocycles. The van der Waals surface area contributed by atoms with Crippen LogP contribution in [0.1, 0.15) is 329 Å². The molecule has 0 aliphatic heterocycles. The first-order valence-corrected chi connectivity index (χ1v) is 35.0. The Labute approximate surface area is 513 Å². The number of carbonyl (C=O) groups is 3. The van der Waals surface area contributed by atoms with Gasteiger partial charge in [-0.3, -0.25) is 14.4 Å². The number of allylic oxidation sites excluding steroid dienone is 20. The number of hydrogen-bond acceptors (Lipinski definition) is 6. The summed E-state index contributed by atoms with van der Waals surface area (Å²) in [4.78, 5) is 38.4. The molecule has 0 aromatic heterocycles. The van der Waals surface area contributed by atoms with Crippen LogP contribution in [0.25, 0.3) is 0 Å². The minimum absolute atomic E-state index is 0.0830. The van der Waals surface area contributed by atoms with E-state index in [0.29, 0.717) is 19.3 Å². The highest BCUT2D eigenvalue weighted by atomic mass is 16.6. The highest BCUT2D eigenvalue weighted by molar-refractivity contribution is 5.71. The van der Waals surface area contributed by atoms with Gasteiger partial charge in [0, 0.05) is 19.3 Å². The molecule has 0 amide bonds. The Morgan fingerprint density at radius 2 is 0.482 bits per heavy atom. The molecule has 0 radical (unpaired) electrons. The molecule has 474 valence electrons. The Morgan fingerprint density at radius 3 is 0.771 bits per heavy atom. The van der Waals surface area contributed by atoms with Crippen LogP contribution in [0.4, 0.5) is 0 Å². The Bertz CT molecular complexity index is 1700. The minimum atomic E-state index is -0.786. The van der Waals surface area contributed by atoms with E-state index in [1.54, 1.807) is 0 Å². The van der Waals surface area contributed by atoms with E-state index >= 15 is 0 Å². The Morgan fingerprint density at radius 1 is 0.253 bits per heavy atom. The predicted molar refractivity (Wildman–Crippen MR) is 362 cm³/mol. The number of rotatable bonds is 63. The number of ether oxygens (including phenoxy) is 3. The van der Waals surface area contributed by atoms with Crippen LogP contribution in [-0.2, 0) is 28.6 Å². The van der Waals surface area contributed by atoms with Crippen molar-refractivity contribution in [1.82, 2.24) is 0 Å². The summed E-state index contributed by atoms with van der Waals surface area (Å²) in [6.07, 6.45) is 97.9. The van der Waals surface area contributed by atoms with E-state index in [-0.39, 0.29) is 31.1 Å². The predicted octanol–water partition coefficient (Wildman–Crippen LogP) is 24.3. The third-order valence-electron chi connectivity index (χ3n) is 15.0. The molecule has 0 rings (SSSR count). The van der Waals surface area contributed by atoms with Gasteiger partial charge in [0.05, 0.1) is 0 Å². The number of esters is 3. The molecule has 0 heterocycles. The minimum Gasteiger partial charge on any atom is -0.462 e. The molecule has 0 fully saturated rings. The Kier molecular flexibility index (Phi) is 66.7. The third kappa shape index (κ3) is 68.5. The van der Waals surface area contributed by atoms with Crippen molar-refractivity contribution >= 4 is 17.9 Å². The lowest BCUT2D eigenvalue weighted by atomic mass is 10.0. The SMILES string of the molecule is CC/C=C\C/C=C\C/C=C\C/C=C\C/C=C\C/C=C\C/C=C\C/C=C\CCCCCCCCCCCCC(=O)OCC(COC(=O)CCCCCCC/C=C\C/C=C\CCCC)OC(=O)CCCCCCCCCCCCCCCCCC. The molecular weight excluding hydrogens is 1020 g/mol. The zero-order chi connectivity index (χ0) is 59.9. The van der Waals surface area contributed by atoms with Crippen molar-refractivity contribution in [2.75, 3.05) is 13.2 Å². The number of hydrogen-bond donors (Lipinski definition) is 0. The van der Waals surface area contributed by atoms with E-state index in [0.717, 1.165) is 128 Å². The van der Waals surface area contributed by atoms with Crippen LogP contribution in [0.2, 0.25) is 0 Å². The average Bonchev–Trinajstić information content (AvgIpc) is 3.49. The monoisotopic (exact) mass is 1150 g/mol. The van der Waals surface area contributed by atoms with Gasteiger partial charge in [0.1, 0.15) is 13.2 Å². The van der Waals surface area contributed by atoms with Crippen molar-refractivity contribution in [1.29, 1.82) is 0 Å². The van der Waals surface area contributed by atoms with Gasteiger partial charge in [-0.1, -0.05) is 322 Å². The molecule has 0 saturated carbocycles. The van der Waals surface area contributed by atoms with Crippen LogP contribution in [0.3, 0.4) is 0 Å². The Hall–Kier alpha value is -4.19. The second-order valence-electron chi connectivity index (χ2n) is 23.1. The highest BCUT2D eigenvalue weighted by Gasteiger charge is 2.19. The van der Waals surface area contributed by atoms with Crippen LogP contribution in [0.5, 0.6) is 0 Å². The van der Waals surface area contributed by atoms with Gasteiger partial charge in [-0.05, 0) is 109 Å². The topological polar surface area (TPSA) is 78.9 Å².